The summed E-state index contributed by atoms with van der Waals surface area (Å²) < 4.78 is 75.0. The number of amides is 1. The predicted octanol–water partition coefficient (Wildman–Crippen LogP) is 4.92. The number of hydrogen-bond acceptors (Lipinski definition) is 9. The molecular weight excluding hydrogens is 683 g/mol. The Morgan fingerprint density at radius 1 is 1.00 bits per heavy atom. The average Bonchev–Trinajstić information content (AvgIpc) is 3.09. The van der Waals surface area contributed by atoms with Gasteiger partial charge in [-0.1, -0.05) is 24.6 Å². The maximum Gasteiger partial charge on any atom is 0.261 e. The first-order valence-electron chi connectivity index (χ1n) is 16.7. The summed E-state index contributed by atoms with van der Waals surface area (Å²) in [6, 6.07) is 16.5. The van der Waals surface area contributed by atoms with Crippen LogP contribution in [0.5, 0.6) is 11.5 Å². The van der Waals surface area contributed by atoms with E-state index in [1.54, 1.807) is 55.5 Å². The summed E-state index contributed by atoms with van der Waals surface area (Å²) in [6.07, 6.45) is 1.26. The zero-order valence-electron chi connectivity index (χ0n) is 29.5. The van der Waals surface area contributed by atoms with Crippen LogP contribution >= 0.6 is 0 Å². The van der Waals surface area contributed by atoms with Gasteiger partial charge in [-0.15, -0.1) is 0 Å². The van der Waals surface area contributed by atoms with E-state index in [9.17, 15) is 26.7 Å². The number of benzene rings is 3. The first-order chi connectivity index (χ1) is 23.7. The number of carbonyl (C=O) groups is 1. The molecule has 0 saturated heterocycles. The Morgan fingerprint density at radius 2 is 1.66 bits per heavy atom. The van der Waals surface area contributed by atoms with Gasteiger partial charge in [0, 0.05) is 38.3 Å². The normalized spacial score (nSPS) is 20.4. The highest BCUT2D eigenvalue weighted by Gasteiger charge is 2.32. The molecule has 3 aromatic rings. The van der Waals surface area contributed by atoms with Crippen molar-refractivity contribution in [1.29, 1.82) is 0 Å². The van der Waals surface area contributed by atoms with Crippen molar-refractivity contribution in [2.45, 2.75) is 75.0 Å². The molecule has 50 heavy (non-hydrogen) atoms. The molecular formula is C36H49N3O9S2. The standard InChI is InChI=1S/C36H49N3O9S2/c1-25-10-15-32(16-11-25)50(44,45)38(5)23-35-26(2)22-39(27(3)24-40)36(41)33-21-29(12-19-34(33)48-28(4)9-7-8-20-47-35)37-49(42,43)31-17-13-30(46-6)14-18-31/h10-19,21,26-28,35,37,40H,7-9,20,22-24H2,1-6H3/t26-,27+,28-,35-/m1/s1. The van der Waals surface area contributed by atoms with Crippen LogP contribution in [0.15, 0.2) is 76.5 Å². The lowest BCUT2D eigenvalue weighted by molar-refractivity contribution is -0.00833. The van der Waals surface area contributed by atoms with Crippen molar-refractivity contribution in [3.05, 3.63) is 77.9 Å². The first-order valence-corrected chi connectivity index (χ1v) is 19.6. The van der Waals surface area contributed by atoms with Crippen LogP contribution in [0.4, 0.5) is 5.69 Å². The quantitative estimate of drug-likeness (QED) is 0.296. The molecule has 274 valence electrons. The van der Waals surface area contributed by atoms with Crippen molar-refractivity contribution in [3.63, 3.8) is 0 Å². The van der Waals surface area contributed by atoms with E-state index in [2.05, 4.69) is 4.72 Å². The molecule has 12 nitrogen and oxygen atoms in total. The second-order valence-corrected chi connectivity index (χ2v) is 16.6. The van der Waals surface area contributed by atoms with Crippen LogP contribution in [0.1, 0.15) is 56.0 Å². The molecule has 2 N–H and O–H groups in total. The van der Waals surface area contributed by atoms with E-state index in [1.807, 2.05) is 20.8 Å². The van der Waals surface area contributed by atoms with Crippen molar-refractivity contribution in [2.75, 3.05) is 45.2 Å². The molecule has 4 atom stereocenters. The van der Waals surface area contributed by atoms with Gasteiger partial charge in [-0.05, 0) is 94.6 Å². The number of methoxy groups -OCH3 is 1. The van der Waals surface area contributed by atoms with Crippen LogP contribution in [-0.2, 0) is 24.8 Å². The highest BCUT2D eigenvalue weighted by atomic mass is 32.2. The smallest absolute Gasteiger partial charge is 0.261 e. The molecule has 4 rings (SSSR count). The topological polar surface area (TPSA) is 152 Å². The number of aryl methyl sites for hydroxylation is 1. The second-order valence-electron chi connectivity index (χ2n) is 12.9. The van der Waals surface area contributed by atoms with Gasteiger partial charge in [-0.2, -0.15) is 4.31 Å². The zero-order valence-corrected chi connectivity index (χ0v) is 31.2. The van der Waals surface area contributed by atoms with E-state index in [-0.39, 0.29) is 58.5 Å². The number of carbonyl (C=O) groups excluding carboxylic acids is 1. The van der Waals surface area contributed by atoms with Crippen LogP contribution in [-0.4, -0.2) is 95.8 Å². The number of likely N-dealkylation sites (N-methyl/N-ethyl adjacent to an activating group) is 1. The van der Waals surface area contributed by atoms with E-state index in [0.29, 0.717) is 25.2 Å². The third kappa shape index (κ3) is 9.75. The lowest BCUT2D eigenvalue weighted by Gasteiger charge is -2.35. The fraction of sp³-hybridized carbons (Fsp3) is 0.472. The fourth-order valence-electron chi connectivity index (χ4n) is 5.66. The molecule has 14 heteroatoms. The van der Waals surface area contributed by atoms with Crippen molar-refractivity contribution >= 4 is 31.6 Å². The number of ether oxygens (including phenoxy) is 3. The van der Waals surface area contributed by atoms with E-state index in [0.717, 1.165) is 12.0 Å². The molecule has 0 saturated carbocycles. The number of hydrogen-bond donors (Lipinski definition) is 2. The predicted molar refractivity (Wildman–Crippen MR) is 192 cm³/mol. The van der Waals surface area contributed by atoms with Gasteiger partial charge in [0.25, 0.3) is 15.9 Å². The molecule has 0 bridgehead atoms. The van der Waals surface area contributed by atoms with Gasteiger partial charge in [-0.25, -0.2) is 16.8 Å². The molecule has 0 radical (unpaired) electrons. The minimum Gasteiger partial charge on any atom is -0.497 e. The average molecular weight is 732 g/mol. The van der Waals surface area contributed by atoms with E-state index in [4.69, 9.17) is 14.2 Å². The number of aliphatic hydroxyl groups excluding tert-OH is 1. The third-order valence-corrected chi connectivity index (χ3v) is 12.1. The van der Waals surface area contributed by atoms with Gasteiger partial charge in [0.15, 0.2) is 0 Å². The van der Waals surface area contributed by atoms with E-state index >= 15 is 0 Å². The van der Waals surface area contributed by atoms with Gasteiger partial charge in [-0.3, -0.25) is 9.52 Å². The third-order valence-electron chi connectivity index (χ3n) is 8.84. The van der Waals surface area contributed by atoms with Crippen LogP contribution in [0, 0.1) is 12.8 Å². The van der Waals surface area contributed by atoms with Crippen LogP contribution in [0.25, 0.3) is 0 Å². The number of nitrogens with zero attached hydrogens (tertiary/aromatic N) is 2. The highest BCUT2D eigenvalue weighted by Crippen LogP contribution is 2.30. The Morgan fingerprint density at radius 3 is 2.30 bits per heavy atom. The van der Waals surface area contributed by atoms with Gasteiger partial charge >= 0.3 is 0 Å². The summed E-state index contributed by atoms with van der Waals surface area (Å²) in [7, 11) is -4.84. The molecule has 0 aliphatic carbocycles. The maximum absolute atomic E-state index is 14.4. The van der Waals surface area contributed by atoms with Gasteiger partial charge in [0.2, 0.25) is 10.0 Å². The number of rotatable bonds is 10. The lowest BCUT2D eigenvalue weighted by Crippen LogP contribution is -2.48. The number of sulfonamides is 2. The van der Waals surface area contributed by atoms with Crippen LogP contribution < -0.4 is 14.2 Å². The largest absolute Gasteiger partial charge is 0.497 e. The van der Waals surface area contributed by atoms with Gasteiger partial charge in [0.05, 0.1) is 47.3 Å². The summed E-state index contributed by atoms with van der Waals surface area (Å²) in [5.41, 5.74) is 1.22. The Kier molecular flexibility index (Phi) is 13.3. The zero-order chi connectivity index (χ0) is 36.6. The Labute approximate surface area is 296 Å². The minimum atomic E-state index is -4.02. The maximum atomic E-state index is 14.4. The summed E-state index contributed by atoms with van der Waals surface area (Å²) >= 11 is 0. The van der Waals surface area contributed by atoms with Crippen molar-refractivity contribution in [3.8, 4) is 11.5 Å². The van der Waals surface area contributed by atoms with Crippen LogP contribution in [0.3, 0.4) is 0 Å². The van der Waals surface area contributed by atoms with Gasteiger partial charge in [0.1, 0.15) is 11.5 Å². The molecule has 1 aliphatic heterocycles. The number of aliphatic hydroxyl groups is 1. The van der Waals surface area contributed by atoms with Crippen LogP contribution in [0.2, 0.25) is 0 Å². The Hall–Kier alpha value is -3.69. The monoisotopic (exact) mass is 731 g/mol. The molecule has 0 unspecified atom stereocenters. The summed E-state index contributed by atoms with van der Waals surface area (Å²) in [5.74, 6) is -0.0627. The summed E-state index contributed by atoms with van der Waals surface area (Å²) in [4.78, 5) is 16.1. The number of nitrogens with one attached hydrogen (secondary N) is 1. The van der Waals surface area contributed by atoms with Crippen molar-refractivity contribution in [2.24, 2.45) is 5.92 Å². The molecule has 1 heterocycles. The number of fused-ring (bicyclic) bond motifs is 1. The molecule has 1 aliphatic rings. The molecule has 1 amide bonds. The van der Waals surface area contributed by atoms with Gasteiger partial charge < -0.3 is 24.2 Å². The van der Waals surface area contributed by atoms with Crippen molar-refractivity contribution < 1.29 is 40.9 Å². The minimum absolute atomic E-state index is 0.0133. The van der Waals surface area contributed by atoms with E-state index < -0.39 is 38.1 Å². The Bertz CT molecular complexity index is 1800. The second kappa shape index (κ2) is 17.0. The summed E-state index contributed by atoms with van der Waals surface area (Å²) in [5, 5.41) is 10.2. The highest BCUT2D eigenvalue weighted by molar-refractivity contribution is 7.92. The number of anilines is 1. The molecule has 0 spiro atoms. The first kappa shape index (κ1) is 39.1. The molecule has 0 fully saturated rings. The molecule has 0 aromatic heterocycles. The van der Waals surface area contributed by atoms with E-state index in [1.165, 1.54) is 41.6 Å². The lowest BCUT2D eigenvalue weighted by atomic mass is 10.0. The SMILES string of the molecule is COc1ccc(S(=O)(=O)Nc2ccc3c(c2)C(=O)N([C@@H](C)CO)C[C@@H](C)[C@@H](CN(C)S(=O)(=O)c2ccc(C)cc2)OCCCC[C@@H](C)O3)cc1. The summed E-state index contributed by atoms with van der Waals surface area (Å²) in [6.45, 7) is 7.56. The molecule has 3 aromatic carbocycles. The van der Waals surface area contributed by atoms with Crippen molar-refractivity contribution in [1.82, 2.24) is 9.21 Å². The Balaban J connectivity index is 1.67. The fourth-order valence-corrected chi connectivity index (χ4v) is 7.89.